The number of rotatable bonds is 5. The van der Waals surface area contributed by atoms with Crippen molar-refractivity contribution >= 4 is 21.6 Å². The number of carbonyl (C=O) groups is 1. The molecule has 1 aliphatic heterocycles. The zero-order chi connectivity index (χ0) is 21.0. The lowest BCUT2D eigenvalue weighted by molar-refractivity contribution is -0.117. The van der Waals surface area contributed by atoms with Crippen molar-refractivity contribution in [2.24, 2.45) is 0 Å². The number of sulfonamides is 1. The molecular weight excluding hydrogens is 388 g/mol. The van der Waals surface area contributed by atoms with E-state index < -0.39 is 10.0 Å². The number of piperazine rings is 1. The van der Waals surface area contributed by atoms with Crippen LogP contribution in [0.25, 0.3) is 0 Å². The molecule has 7 nitrogen and oxygen atoms in total. The van der Waals surface area contributed by atoms with Crippen LogP contribution >= 0.6 is 0 Å². The number of carbonyl (C=O) groups excluding carboxylic acids is 1. The lowest BCUT2D eigenvalue weighted by atomic mass is 10.1. The Labute approximate surface area is 171 Å². The molecular formula is C21H24N4O3S. The fourth-order valence-electron chi connectivity index (χ4n) is 3.44. The molecule has 152 valence electrons. The first-order chi connectivity index (χ1) is 13.8. The van der Waals surface area contributed by atoms with Crippen LogP contribution in [0.15, 0.2) is 47.4 Å². The van der Waals surface area contributed by atoms with Crippen LogP contribution in [0, 0.1) is 25.2 Å². The molecule has 0 bridgehead atoms. The van der Waals surface area contributed by atoms with Gasteiger partial charge in [-0.25, -0.2) is 8.42 Å². The molecule has 3 rings (SSSR count). The van der Waals surface area contributed by atoms with E-state index >= 15 is 0 Å². The van der Waals surface area contributed by atoms with E-state index in [2.05, 4.69) is 5.32 Å². The third-order valence-corrected chi connectivity index (χ3v) is 7.03. The molecule has 1 saturated heterocycles. The summed E-state index contributed by atoms with van der Waals surface area (Å²) in [5.41, 5.74) is 2.98. The van der Waals surface area contributed by atoms with Crippen molar-refractivity contribution < 1.29 is 13.2 Å². The highest BCUT2D eigenvalue weighted by molar-refractivity contribution is 7.89. The molecule has 0 atom stereocenters. The molecule has 0 spiro atoms. The van der Waals surface area contributed by atoms with E-state index in [-0.39, 0.29) is 36.0 Å². The topological polar surface area (TPSA) is 93.5 Å². The maximum atomic E-state index is 12.9. The van der Waals surface area contributed by atoms with E-state index in [0.717, 1.165) is 16.8 Å². The molecule has 29 heavy (non-hydrogen) atoms. The first-order valence-corrected chi connectivity index (χ1v) is 10.8. The molecule has 1 fully saturated rings. The SMILES string of the molecule is Cc1cccc(C)c1NC(=O)CN1CCN(S(=O)(=O)c2ccccc2C#N)CC1. The average molecular weight is 413 g/mol. The first kappa shape index (κ1) is 21.0. The Morgan fingerprint density at radius 3 is 2.28 bits per heavy atom. The maximum Gasteiger partial charge on any atom is 0.244 e. The summed E-state index contributed by atoms with van der Waals surface area (Å²) in [6, 6.07) is 14.0. The molecule has 1 heterocycles. The van der Waals surface area contributed by atoms with Gasteiger partial charge in [0.15, 0.2) is 0 Å². The Morgan fingerprint density at radius 1 is 1.03 bits per heavy atom. The predicted octanol–water partition coefficient (Wildman–Crippen LogP) is 2.12. The zero-order valence-corrected chi connectivity index (χ0v) is 17.4. The Kier molecular flexibility index (Phi) is 6.33. The zero-order valence-electron chi connectivity index (χ0n) is 16.6. The second-order valence-corrected chi connectivity index (χ2v) is 9.01. The van der Waals surface area contributed by atoms with E-state index in [9.17, 15) is 18.5 Å². The highest BCUT2D eigenvalue weighted by Crippen LogP contribution is 2.22. The van der Waals surface area contributed by atoms with Gasteiger partial charge in [-0.3, -0.25) is 9.69 Å². The van der Waals surface area contributed by atoms with E-state index in [4.69, 9.17) is 0 Å². The Morgan fingerprint density at radius 2 is 1.66 bits per heavy atom. The molecule has 1 aliphatic rings. The van der Waals surface area contributed by atoms with Gasteiger partial charge in [0, 0.05) is 31.9 Å². The number of nitrogens with zero attached hydrogens (tertiary/aromatic N) is 3. The van der Waals surface area contributed by atoms with Crippen molar-refractivity contribution in [1.29, 1.82) is 5.26 Å². The maximum absolute atomic E-state index is 12.9. The van der Waals surface area contributed by atoms with Crippen LogP contribution in [0.1, 0.15) is 16.7 Å². The minimum absolute atomic E-state index is 0.0312. The number of para-hydroxylation sites is 1. The number of benzene rings is 2. The summed E-state index contributed by atoms with van der Waals surface area (Å²) in [6.07, 6.45) is 0. The van der Waals surface area contributed by atoms with Crippen molar-refractivity contribution in [3.05, 3.63) is 59.2 Å². The number of nitrogens with one attached hydrogen (secondary N) is 1. The van der Waals surface area contributed by atoms with Gasteiger partial charge < -0.3 is 5.32 Å². The summed E-state index contributed by atoms with van der Waals surface area (Å²) < 4.78 is 27.2. The average Bonchev–Trinajstić information content (AvgIpc) is 2.71. The van der Waals surface area contributed by atoms with E-state index in [1.807, 2.05) is 43.0 Å². The van der Waals surface area contributed by atoms with Gasteiger partial charge in [0.25, 0.3) is 0 Å². The van der Waals surface area contributed by atoms with E-state index in [0.29, 0.717) is 13.1 Å². The third-order valence-electron chi connectivity index (χ3n) is 5.07. The van der Waals surface area contributed by atoms with Gasteiger partial charge in [0.2, 0.25) is 15.9 Å². The lowest BCUT2D eigenvalue weighted by Gasteiger charge is -2.33. The number of anilines is 1. The Bertz CT molecular complexity index is 1030. The van der Waals surface area contributed by atoms with Crippen LogP contribution in [0.4, 0.5) is 5.69 Å². The van der Waals surface area contributed by atoms with Gasteiger partial charge in [-0.15, -0.1) is 0 Å². The van der Waals surface area contributed by atoms with Gasteiger partial charge in [0.1, 0.15) is 6.07 Å². The van der Waals surface area contributed by atoms with Crippen LogP contribution in [-0.2, 0) is 14.8 Å². The normalized spacial score (nSPS) is 15.6. The van der Waals surface area contributed by atoms with Gasteiger partial charge in [-0.2, -0.15) is 9.57 Å². The van der Waals surface area contributed by atoms with Crippen LogP contribution < -0.4 is 5.32 Å². The van der Waals surface area contributed by atoms with Crippen molar-refractivity contribution in [2.75, 3.05) is 38.0 Å². The Balaban J connectivity index is 1.61. The summed E-state index contributed by atoms with van der Waals surface area (Å²) in [4.78, 5) is 14.4. The first-order valence-electron chi connectivity index (χ1n) is 9.40. The number of aryl methyl sites for hydroxylation is 2. The number of amides is 1. The fourth-order valence-corrected chi connectivity index (χ4v) is 5.01. The molecule has 8 heteroatoms. The van der Waals surface area contributed by atoms with Crippen LogP contribution in [0.2, 0.25) is 0 Å². The predicted molar refractivity (Wildman–Crippen MR) is 111 cm³/mol. The number of hydrogen-bond acceptors (Lipinski definition) is 5. The van der Waals surface area contributed by atoms with Crippen molar-refractivity contribution in [2.45, 2.75) is 18.7 Å². The van der Waals surface area contributed by atoms with Crippen LogP contribution in [0.3, 0.4) is 0 Å². The molecule has 0 aliphatic carbocycles. The van der Waals surface area contributed by atoms with Crippen molar-refractivity contribution in [1.82, 2.24) is 9.21 Å². The van der Waals surface area contributed by atoms with E-state index in [1.54, 1.807) is 12.1 Å². The standard InChI is InChI=1S/C21H24N4O3S/c1-16-6-5-7-17(2)21(16)23-20(26)15-24-10-12-25(13-11-24)29(27,28)19-9-4-3-8-18(19)14-22/h3-9H,10-13,15H2,1-2H3,(H,23,26). The lowest BCUT2D eigenvalue weighted by Crippen LogP contribution is -2.50. The minimum atomic E-state index is -3.73. The molecule has 2 aromatic rings. The molecule has 0 radical (unpaired) electrons. The second-order valence-electron chi connectivity index (χ2n) is 7.10. The molecule has 2 aromatic carbocycles. The summed E-state index contributed by atoms with van der Waals surface area (Å²) in [6.45, 7) is 5.56. The number of hydrogen-bond donors (Lipinski definition) is 1. The van der Waals surface area contributed by atoms with Crippen molar-refractivity contribution in [3.63, 3.8) is 0 Å². The van der Waals surface area contributed by atoms with Gasteiger partial charge in [-0.05, 0) is 37.1 Å². The smallest absolute Gasteiger partial charge is 0.244 e. The summed E-state index contributed by atoms with van der Waals surface area (Å²) in [5, 5.41) is 12.2. The summed E-state index contributed by atoms with van der Waals surface area (Å²) >= 11 is 0. The van der Waals surface area contributed by atoms with Crippen LogP contribution in [0.5, 0.6) is 0 Å². The van der Waals surface area contributed by atoms with Gasteiger partial charge in [-0.1, -0.05) is 30.3 Å². The monoisotopic (exact) mass is 412 g/mol. The Hall–Kier alpha value is -2.73. The molecule has 0 unspecified atom stereocenters. The van der Waals surface area contributed by atoms with Gasteiger partial charge in [0.05, 0.1) is 17.0 Å². The highest BCUT2D eigenvalue weighted by atomic mass is 32.2. The minimum Gasteiger partial charge on any atom is -0.324 e. The molecule has 1 amide bonds. The van der Waals surface area contributed by atoms with Crippen molar-refractivity contribution in [3.8, 4) is 6.07 Å². The third kappa shape index (κ3) is 4.65. The molecule has 0 aromatic heterocycles. The van der Waals surface area contributed by atoms with Crippen LogP contribution in [-0.4, -0.2) is 56.3 Å². The summed E-state index contributed by atoms with van der Waals surface area (Å²) in [7, 11) is -3.73. The molecule has 1 N–H and O–H groups in total. The van der Waals surface area contributed by atoms with E-state index in [1.165, 1.54) is 16.4 Å². The largest absolute Gasteiger partial charge is 0.324 e. The summed E-state index contributed by atoms with van der Waals surface area (Å²) in [5.74, 6) is -0.117. The van der Waals surface area contributed by atoms with Gasteiger partial charge >= 0.3 is 0 Å². The highest BCUT2D eigenvalue weighted by Gasteiger charge is 2.30. The molecule has 0 saturated carbocycles. The number of nitriles is 1. The second kappa shape index (κ2) is 8.74. The fraction of sp³-hybridized carbons (Fsp3) is 0.333. The quantitative estimate of drug-likeness (QED) is 0.812.